The number of hydrogen-bond acceptors (Lipinski definition) is 5. The van der Waals surface area contributed by atoms with Gasteiger partial charge in [-0.15, -0.1) is 10.2 Å². The molecule has 2 aromatic carbocycles. The first kappa shape index (κ1) is 21.4. The molecule has 2 aliphatic rings. The van der Waals surface area contributed by atoms with E-state index in [-0.39, 0.29) is 5.91 Å². The second kappa shape index (κ2) is 8.82. The molecule has 0 N–H and O–H groups in total. The molecule has 33 heavy (non-hydrogen) atoms. The van der Waals surface area contributed by atoms with Gasteiger partial charge in [-0.2, -0.15) is 5.26 Å². The number of rotatable bonds is 5. The third kappa shape index (κ3) is 4.28. The van der Waals surface area contributed by atoms with E-state index in [4.69, 9.17) is 9.68 Å². The van der Waals surface area contributed by atoms with E-state index in [9.17, 15) is 4.79 Å². The van der Waals surface area contributed by atoms with Crippen LogP contribution in [0, 0.1) is 18.3 Å². The van der Waals surface area contributed by atoms with Crippen LogP contribution in [0.4, 0.5) is 0 Å². The Labute approximate surface area is 194 Å². The van der Waals surface area contributed by atoms with Crippen LogP contribution in [0.3, 0.4) is 0 Å². The Morgan fingerprint density at radius 2 is 1.82 bits per heavy atom. The molecule has 0 radical (unpaired) electrons. The van der Waals surface area contributed by atoms with Crippen LogP contribution in [0.25, 0.3) is 11.5 Å². The minimum atomic E-state index is 0.0737. The third-order valence-electron chi connectivity index (χ3n) is 6.94. The van der Waals surface area contributed by atoms with Gasteiger partial charge in [-0.1, -0.05) is 25.1 Å². The Kier molecular flexibility index (Phi) is 5.72. The number of nitrogens with zero attached hydrogens (tertiary/aromatic N) is 4. The van der Waals surface area contributed by atoms with Crippen molar-refractivity contribution >= 4 is 5.91 Å². The van der Waals surface area contributed by atoms with Crippen molar-refractivity contribution in [1.82, 2.24) is 15.1 Å². The summed E-state index contributed by atoms with van der Waals surface area (Å²) >= 11 is 0. The predicted octanol–water partition coefficient (Wildman–Crippen LogP) is 5.38. The van der Waals surface area contributed by atoms with Gasteiger partial charge < -0.3 is 9.32 Å². The van der Waals surface area contributed by atoms with E-state index in [0.29, 0.717) is 35.6 Å². The van der Waals surface area contributed by atoms with Crippen molar-refractivity contribution in [3.63, 3.8) is 0 Å². The number of nitriles is 1. The van der Waals surface area contributed by atoms with Gasteiger partial charge in [-0.3, -0.25) is 4.79 Å². The Bertz CT molecular complexity index is 1210. The fourth-order valence-electron chi connectivity index (χ4n) is 4.80. The molecule has 1 amide bonds. The lowest BCUT2D eigenvalue weighted by Gasteiger charge is -2.33. The van der Waals surface area contributed by atoms with E-state index < -0.39 is 0 Å². The van der Waals surface area contributed by atoms with E-state index in [0.717, 1.165) is 55.5 Å². The molecular formula is C27H28N4O2. The van der Waals surface area contributed by atoms with E-state index in [1.54, 1.807) is 0 Å². The lowest BCUT2D eigenvalue weighted by Crippen LogP contribution is -2.38. The van der Waals surface area contributed by atoms with Gasteiger partial charge in [0.15, 0.2) is 0 Å². The Balaban J connectivity index is 1.36. The first-order valence-corrected chi connectivity index (χ1v) is 11.8. The van der Waals surface area contributed by atoms with Crippen LogP contribution in [-0.2, 0) is 6.42 Å². The molecule has 2 fully saturated rings. The van der Waals surface area contributed by atoms with Crippen LogP contribution in [-0.4, -0.2) is 34.1 Å². The van der Waals surface area contributed by atoms with Gasteiger partial charge in [-0.05, 0) is 79.3 Å². The summed E-state index contributed by atoms with van der Waals surface area (Å²) in [7, 11) is 0. The summed E-state index contributed by atoms with van der Waals surface area (Å²) in [5.41, 5.74) is 5.79. The van der Waals surface area contributed by atoms with Crippen LogP contribution >= 0.6 is 0 Å². The molecule has 3 aromatic rings. The van der Waals surface area contributed by atoms with Crippen molar-refractivity contribution in [1.29, 1.82) is 5.26 Å². The van der Waals surface area contributed by atoms with E-state index >= 15 is 0 Å². The molecule has 0 bridgehead atoms. The van der Waals surface area contributed by atoms with Gasteiger partial charge in [0.05, 0.1) is 11.6 Å². The van der Waals surface area contributed by atoms with Crippen LogP contribution in [0.1, 0.15) is 82.9 Å². The molecule has 1 aliphatic carbocycles. The first-order valence-electron chi connectivity index (χ1n) is 11.8. The smallest absolute Gasteiger partial charge is 0.254 e. The second-order valence-electron chi connectivity index (χ2n) is 9.18. The number of carbonyl (C=O) groups excluding carboxylic acids is 1. The zero-order valence-electron chi connectivity index (χ0n) is 19.2. The van der Waals surface area contributed by atoms with E-state index in [2.05, 4.69) is 22.3 Å². The molecule has 6 nitrogen and oxygen atoms in total. The minimum absolute atomic E-state index is 0.0737. The number of aromatic nitrogens is 2. The topological polar surface area (TPSA) is 83.0 Å². The highest BCUT2D eigenvalue weighted by atomic mass is 16.4. The highest BCUT2D eigenvalue weighted by molar-refractivity contribution is 5.97. The quantitative estimate of drug-likeness (QED) is 0.532. The number of carbonyl (C=O) groups is 1. The van der Waals surface area contributed by atoms with Crippen molar-refractivity contribution in [3.05, 3.63) is 70.1 Å². The Hall–Kier alpha value is -3.46. The lowest BCUT2D eigenvalue weighted by molar-refractivity contribution is 0.0712. The molecule has 168 valence electrons. The highest BCUT2D eigenvalue weighted by Crippen LogP contribution is 2.45. The number of amides is 1. The van der Waals surface area contributed by atoms with Crippen molar-refractivity contribution in [2.45, 2.75) is 57.8 Å². The summed E-state index contributed by atoms with van der Waals surface area (Å²) in [6.07, 6.45) is 4.87. The summed E-state index contributed by atoms with van der Waals surface area (Å²) in [4.78, 5) is 15.5. The summed E-state index contributed by atoms with van der Waals surface area (Å²) in [5, 5.41) is 17.4. The number of likely N-dealkylation sites (tertiary alicyclic amines) is 1. The maximum absolute atomic E-state index is 13.5. The van der Waals surface area contributed by atoms with Gasteiger partial charge in [0.2, 0.25) is 11.8 Å². The normalized spacial score (nSPS) is 16.6. The molecule has 0 unspecified atom stereocenters. The maximum Gasteiger partial charge on any atom is 0.254 e. The molecular weight excluding hydrogens is 412 g/mol. The van der Waals surface area contributed by atoms with Gasteiger partial charge >= 0.3 is 0 Å². The molecule has 1 saturated heterocycles. The first-order chi connectivity index (χ1) is 16.1. The van der Waals surface area contributed by atoms with E-state index in [1.807, 2.05) is 49.1 Å². The average Bonchev–Trinajstić information content (AvgIpc) is 3.60. The predicted molar refractivity (Wildman–Crippen MR) is 125 cm³/mol. The molecule has 1 saturated carbocycles. The van der Waals surface area contributed by atoms with Crippen molar-refractivity contribution in [2.24, 2.45) is 0 Å². The summed E-state index contributed by atoms with van der Waals surface area (Å²) in [5.74, 6) is 2.14. The van der Waals surface area contributed by atoms with Crippen LogP contribution in [0.15, 0.2) is 40.8 Å². The Morgan fingerprint density at radius 1 is 1.09 bits per heavy atom. The molecule has 2 heterocycles. The summed E-state index contributed by atoms with van der Waals surface area (Å²) in [6, 6.07) is 14.1. The zero-order chi connectivity index (χ0) is 22.9. The van der Waals surface area contributed by atoms with E-state index in [1.165, 1.54) is 11.1 Å². The monoisotopic (exact) mass is 440 g/mol. The maximum atomic E-state index is 13.5. The SMILES string of the molecule is CCc1nnc(-c2cc(C(=O)N3CCC(c4ccc(C#N)cc4)CC3)c(C)cc2C2CC2)o1. The van der Waals surface area contributed by atoms with Crippen LogP contribution in [0.2, 0.25) is 0 Å². The van der Waals surface area contributed by atoms with Crippen LogP contribution in [0.5, 0.6) is 0 Å². The second-order valence-corrected chi connectivity index (χ2v) is 9.18. The zero-order valence-corrected chi connectivity index (χ0v) is 19.2. The summed E-state index contributed by atoms with van der Waals surface area (Å²) in [6.45, 7) is 5.47. The van der Waals surface area contributed by atoms with Gasteiger partial charge in [-0.25, -0.2) is 0 Å². The molecule has 6 heteroatoms. The molecule has 0 atom stereocenters. The van der Waals surface area contributed by atoms with Crippen molar-refractivity contribution in [3.8, 4) is 17.5 Å². The fourth-order valence-corrected chi connectivity index (χ4v) is 4.80. The Morgan fingerprint density at radius 3 is 2.42 bits per heavy atom. The minimum Gasteiger partial charge on any atom is -0.421 e. The van der Waals surface area contributed by atoms with Crippen LogP contribution < -0.4 is 0 Å². The number of aryl methyl sites for hydroxylation is 2. The fraction of sp³-hybridized carbons (Fsp3) is 0.407. The number of benzene rings is 2. The van der Waals surface area contributed by atoms with Gasteiger partial charge in [0.1, 0.15) is 0 Å². The largest absolute Gasteiger partial charge is 0.421 e. The van der Waals surface area contributed by atoms with Crippen molar-refractivity contribution in [2.75, 3.05) is 13.1 Å². The van der Waals surface area contributed by atoms with Gasteiger partial charge in [0.25, 0.3) is 5.91 Å². The average molecular weight is 441 g/mol. The lowest BCUT2D eigenvalue weighted by atomic mass is 9.88. The standard InChI is InChI=1S/C27H28N4O2/c1-3-25-29-30-26(33-25)24-15-22(17(2)14-23(24)21-8-9-21)27(32)31-12-10-20(11-13-31)19-6-4-18(16-28)5-7-19/h4-7,14-15,20-21H,3,8-13H2,1-2H3. The van der Waals surface area contributed by atoms with Crippen molar-refractivity contribution < 1.29 is 9.21 Å². The molecule has 5 rings (SSSR count). The molecule has 1 aromatic heterocycles. The summed E-state index contributed by atoms with van der Waals surface area (Å²) < 4.78 is 5.87. The molecule has 0 spiro atoms. The third-order valence-corrected chi connectivity index (χ3v) is 6.94. The highest BCUT2D eigenvalue weighted by Gasteiger charge is 2.31. The number of hydrogen-bond donors (Lipinski definition) is 0. The number of piperidine rings is 1. The van der Waals surface area contributed by atoms with Gasteiger partial charge in [0, 0.05) is 30.6 Å². The molecule has 1 aliphatic heterocycles.